The van der Waals surface area contributed by atoms with Crippen LogP contribution in [0.3, 0.4) is 0 Å². The highest BCUT2D eigenvalue weighted by Crippen LogP contribution is 2.25. The molecule has 1 saturated heterocycles. The molecule has 0 unspecified atom stereocenters. The Morgan fingerprint density at radius 1 is 1.07 bits per heavy atom. The van der Waals surface area contributed by atoms with Gasteiger partial charge in [0, 0.05) is 37.5 Å². The van der Waals surface area contributed by atoms with Gasteiger partial charge in [-0.1, -0.05) is 5.21 Å². The molecule has 4 rings (SSSR count). The third-order valence-corrected chi connectivity index (χ3v) is 5.19. The molecule has 3 aromatic rings. The number of hydrogen-bond acceptors (Lipinski definition) is 5. The minimum absolute atomic E-state index is 0.0811. The number of piperidine rings is 1. The normalized spacial score (nSPS) is 15.3. The summed E-state index contributed by atoms with van der Waals surface area (Å²) >= 11 is 0. The largest absolute Gasteiger partial charge is 0.326 e. The lowest BCUT2D eigenvalue weighted by Crippen LogP contribution is -2.39. The van der Waals surface area contributed by atoms with E-state index in [0.717, 1.165) is 31.4 Å². The van der Waals surface area contributed by atoms with E-state index in [-0.39, 0.29) is 23.7 Å². The molecule has 0 bridgehead atoms. The predicted octanol–water partition coefficient (Wildman–Crippen LogP) is 2.80. The van der Waals surface area contributed by atoms with Crippen molar-refractivity contribution >= 4 is 34.2 Å². The molecule has 156 valence electrons. The molecular formula is C21H23FN6O2. The molecule has 2 amide bonds. The maximum atomic E-state index is 13.3. The SMILES string of the molecule is CC(=O)Nc1ccc(NC(=O)CN2CCC(n3nnc4cc(F)ccc43)CC2)cc1. The maximum Gasteiger partial charge on any atom is 0.238 e. The zero-order valence-electron chi connectivity index (χ0n) is 16.6. The summed E-state index contributed by atoms with van der Waals surface area (Å²) in [4.78, 5) is 25.5. The van der Waals surface area contributed by atoms with Crippen LogP contribution in [-0.4, -0.2) is 51.3 Å². The average molecular weight is 410 g/mol. The van der Waals surface area contributed by atoms with Gasteiger partial charge in [0.1, 0.15) is 11.3 Å². The molecule has 2 aromatic carbocycles. The number of nitrogens with zero attached hydrogens (tertiary/aromatic N) is 4. The summed E-state index contributed by atoms with van der Waals surface area (Å²) < 4.78 is 15.2. The Hall–Kier alpha value is -3.33. The van der Waals surface area contributed by atoms with Gasteiger partial charge in [0.2, 0.25) is 11.8 Å². The fraction of sp³-hybridized carbons (Fsp3) is 0.333. The molecule has 0 radical (unpaired) electrons. The summed E-state index contributed by atoms with van der Waals surface area (Å²) in [5.74, 6) is -0.538. The second-order valence-corrected chi connectivity index (χ2v) is 7.48. The monoisotopic (exact) mass is 410 g/mol. The van der Waals surface area contributed by atoms with E-state index in [2.05, 4.69) is 25.8 Å². The van der Waals surface area contributed by atoms with E-state index in [1.807, 2.05) is 4.68 Å². The third kappa shape index (κ3) is 4.62. The molecule has 1 aliphatic heterocycles. The Balaban J connectivity index is 1.29. The van der Waals surface area contributed by atoms with Crippen molar-refractivity contribution in [3.63, 3.8) is 0 Å². The molecule has 0 saturated carbocycles. The minimum Gasteiger partial charge on any atom is -0.326 e. The van der Waals surface area contributed by atoms with Crippen molar-refractivity contribution in [1.82, 2.24) is 19.9 Å². The van der Waals surface area contributed by atoms with E-state index in [0.29, 0.717) is 23.4 Å². The summed E-state index contributed by atoms with van der Waals surface area (Å²) in [6.07, 6.45) is 1.68. The minimum atomic E-state index is -0.319. The Bertz CT molecular complexity index is 1060. The number of carbonyl (C=O) groups is 2. The number of hydrogen-bond donors (Lipinski definition) is 2. The molecule has 9 heteroatoms. The number of benzene rings is 2. The van der Waals surface area contributed by atoms with Crippen LogP contribution in [0.2, 0.25) is 0 Å². The lowest BCUT2D eigenvalue weighted by Gasteiger charge is -2.31. The maximum absolute atomic E-state index is 13.3. The highest BCUT2D eigenvalue weighted by molar-refractivity contribution is 5.93. The number of aromatic nitrogens is 3. The van der Waals surface area contributed by atoms with Gasteiger partial charge in [0.15, 0.2) is 0 Å². The van der Waals surface area contributed by atoms with Crippen LogP contribution in [0.5, 0.6) is 0 Å². The van der Waals surface area contributed by atoms with Crippen LogP contribution in [0.25, 0.3) is 11.0 Å². The number of anilines is 2. The first-order valence-electron chi connectivity index (χ1n) is 9.88. The first kappa shape index (κ1) is 20.0. The van der Waals surface area contributed by atoms with Crippen LogP contribution in [0, 0.1) is 5.82 Å². The van der Waals surface area contributed by atoms with Crippen molar-refractivity contribution < 1.29 is 14.0 Å². The topological polar surface area (TPSA) is 92.2 Å². The van der Waals surface area contributed by atoms with Crippen LogP contribution in [-0.2, 0) is 9.59 Å². The zero-order chi connectivity index (χ0) is 21.1. The molecule has 1 aromatic heterocycles. The van der Waals surface area contributed by atoms with Crippen LogP contribution in [0.1, 0.15) is 25.8 Å². The number of likely N-dealkylation sites (tertiary alicyclic amines) is 1. The Labute approximate surface area is 173 Å². The van der Waals surface area contributed by atoms with E-state index in [1.165, 1.54) is 19.1 Å². The molecule has 1 fully saturated rings. The summed E-state index contributed by atoms with van der Waals surface area (Å²) in [6, 6.07) is 11.7. The van der Waals surface area contributed by atoms with Crippen LogP contribution < -0.4 is 10.6 Å². The zero-order valence-corrected chi connectivity index (χ0v) is 16.6. The number of rotatable bonds is 5. The predicted molar refractivity (Wildman–Crippen MR) is 112 cm³/mol. The van der Waals surface area contributed by atoms with Crippen molar-refractivity contribution in [3.8, 4) is 0 Å². The fourth-order valence-electron chi connectivity index (χ4n) is 3.75. The fourth-order valence-corrected chi connectivity index (χ4v) is 3.75. The molecule has 1 aliphatic rings. The van der Waals surface area contributed by atoms with Gasteiger partial charge in [-0.25, -0.2) is 9.07 Å². The van der Waals surface area contributed by atoms with Crippen LogP contribution in [0.4, 0.5) is 15.8 Å². The van der Waals surface area contributed by atoms with Gasteiger partial charge in [-0.3, -0.25) is 14.5 Å². The Kier molecular flexibility index (Phi) is 5.71. The summed E-state index contributed by atoms with van der Waals surface area (Å²) in [5.41, 5.74) is 2.76. The Morgan fingerprint density at radius 2 is 1.73 bits per heavy atom. The average Bonchev–Trinajstić information content (AvgIpc) is 3.12. The highest BCUT2D eigenvalue weighted by Gasteiger charge is 2.24. The van der Waals surface area contributed by atoms with E-state index in [1.54, 1.807) is 30.3 Å². The van der Waals surface area contributed by atoms with Gasteiger partial charge in [0.05, 0.1) is 18.1 Å². The lowest BCUT2D eigenvalue weighted by molar-refractivity contribution is -0.117. The third-order valence-electron chi connectivity index (χ3n) is 5.19. The molecule has 2 N–H and O–H groups in total. The van der Waals surface area contributed by atoms with Crippen LogP contribution in [0.15, 0.2) is 42.5 Å². The smallest absolute Gasteiger partial charge is 0.238 e. The molecule has 0 spiro atoms. The van der Waals surface area contributed by atoms with E-state index < -0.39 is 0 Å². The number of carbonyl (C=O) groups excluding carboxylic acids is 2. The van der Waals surface area contributed by atoms with Gasteiger partial charge in [0.25, 0.3) is 0 Å². The number of amides is 2. The second-order valence-electron chi connectivity index (χ2n) is 7.48. The molecule has 0 aliphatic carbocycles. The molecule has 0 atom stereocenters. The standard InChI is InChI=1S/C21H23FN6O2/c1-14(29)23-16-3-5-17(6-4-16)24-21(30)13-27-10-8-18(9-11-27)28-20-7-2-15(22)12-19(20)25-26-28/h2-7,12,18H,8-11,13H2,1H3,(H,23,29)(H,24,30). The molecule has 30 heavy (non-hydrogen) atoms. The summed E-state index contributed by atoms with van der Waals surface area (Å²) in [7, 11) is 0. The van der Waals surface area contributed by atoms with Gasteiger partial charge >= 0.3 is 0 Å². The quantitative estimate of drug-likeness (QED) is 0.675. The van der Waals surface area contributed by atoms with Crippen molar-refractivity contribution in [1.29, 1.82) is 0 Å². The summed E-state index contributed by atoms with van der Waals surface area (Å²) in [6.45, 7) is 3.29. The molecule has 2 heterocycles. The number of fused-ring (bicyclic) bond motifs is 1. The Morgan fingerprint density at radius 3 is 2.40 bits per heavy atom. The van der Waals surface area contributed by atoms with Gasteiger partial charge in [-0.05, 0) is 49.2 Å². The number of halogens is 1. The van der Waals surface area contributed by atoms with E-state index >= 15 is 0 Å². The molecule has 8 nitrogen and oxygen atoms in total. The first-order valence-corrected chi connectivity index (χ1v) is 9.88. The highest BCUT2D eigenvalue weighted by atomic mass is 19.1. The van der Waals surface area contributed by atoms with Crippen molar-refractivity contribution in [3.05, 3.63) is 48.3 Å². The van der Waals surface area contributed by atoms with Crippen molar-refractivity contribution in [2.24, 2.45) is 0 Å². The second kappa shape index (κ2) is 8.58. The van der Waals surface area contributed by atoms with Crippen molar-refractivity contribution in [2.75, 3.05) is 30.3 Å². The summed E-state index contributed by atoms with van der Waals surface area (Å²) in [5, 5.41) is 13.8. The molecular weight excluding hydrogens is 387 g/mol. The van der Waals surface area contributed by atoms with Crippen molar-refractivity contribution in [2.45, 2.75) is 25.8 Å². The van der Waals surface area contributed by atoms with Crippen LogP contribution >= 0.6 is 0 Å². The van der Waals surface area contributed by atoms with Gasteiger partial charge in [-0.15, -0.1) is 5.10 Å². The lowest BCUT2D eigenvalue weighted by atomic mass is 10.0. The van der Waals surface area contributed by atoms with E-state index in [4.69, 9.17) is 0 Å². The number of nitrogens with one attached hydrogen (secondary N) is 2. The van der Waals surface area contributed by atoms with Gasteiger partial charge < -0.3 is 10.6 Å². The van der Waals surface area contributed by atoms with E-state index in [9.17, 15) is 14.0 Å². The van der Waals surface area contributed by atoms with Gasteiger partial charge in [-0.2, -0.15) is 0 Å². The first-order chi connectivity index (χ1) is 14.5.